The van der Waals surface area contributed by atoms with E-state index in [1.165, 1.54) is 5.57 Å². The monoisotopic (exact) mass is 279 g/mol. The molecule has 0 aromatic heterocycles. The number of rotatable bonds is 8. The molecule has 3 nitrogen and oxygen atoms in total. The summed E-state index contributed by atoms with van der Waals surface area (Å²) >= 11 is 0. The molecule has 0 aliphatic rings. The third-order valence-corrected chi connectivity index (χ3v) is 2.90. The van der Waals surface area contributed by atoms with E-state index in [1.807, 2.05) is 45.9 Å². The lowest BCUT2D eigenvalue weighted by atomic mass is 10.1. The van der Waals surface area contributed by atoms with Crippen LogP contribution in [0.1, 0.15) is 47.5 Å². The first-order valence-corrected chi connectivity index (χ1v) is 7.28. The summed E-state index contributed by atoms with van der Waals surface area (Å²) in [6.45, 7) is 14.0. The highest BCUT2D eigenvalue weighted by molar-refractivity contribution is 5.68. The quantitative estimate of drug-likeness (QED) is 0.475. The molecular weight excluding hydrogens is 250 g/mol. The highest BCUT2D eigenvalue weighted by Crippen LogP contribution is 2.08. The Morgan fingerprint density at radius 2 is 1.80 bits per heavy atom. The Bertz CT molecular complexity index is 346. The largest absolute Gasteiger partial charge is 0.445 e. The minimum atomic E-state index is -0.248. The molecule has 0 aliphatic carbocycles. The Balaban J connectivity index is 4.02. The van der Waals surface area contributed by atoms with Crippen molar-refractivity contribution in [3.63, 3.8) is 0 Å². The summed E-state index contributed by atoms with van der Waals surface area (Å²) < 4.78 is 5.25. The number of carbonyl (C=O) groups excluding carboxylic acids is 1. The van der Waals surface area contributed by atoms with Gasteiger partial charge in [0.1, 0.15) is 6.61 Å². The molecule has 0 saturated carbocycles. The van der Waals surface area contributed by atoms with Crippen LogP contribution in [0.25, 0.3) is 0 Å². The maximum absolute atomic E-state index is 11.9. The molecule has 0 radical (unpaired) electrons. The lowest BCUT2D eigenvalue weighted by Gasteiger charge is -2.29. The smallest absolute Gasteiger partial charge is 0.410 e. The van der Waals surface area contributed by atoms with E-state index in [2.05, 4.69) is 13.5 Å². The van der Waals surface area contributed by atoms with Gasteiger partial charge >= 0.3 is 6.09 Å². The maximum atomic E-state index is 11.9. The zero-order valence-electron chi connectivity index (χ0n) is 13.6. The highest BCUT2D eigenvalue weighted by Gasteiger charge is 2.20. The van der Waals surface area contributed by atoms with E-state index in [0.717, 1.165) is 12.8 Å². The third-order valence-electron chi connectivity index (χ3n) is 2.90. The van der Waals surface area contributed by atoms with Gasteiger partial charge in [-0.3, -0.25) is 0 Å². The average Bonchev–Trinajstić information content (AvgIpc) is 2.32. The van der Waals surface area contributed by atoms with Crippen molar-refractivity contribution in [2.75, 3.05) is 6.61 Å². The van der Waals surface area contributed by atoms with Gasteiger partial charge < -0.3 is 9.64 Å². The van der Waals surface area contributed by atoms with Gasteiger partial charge in [-0.2, -0.15) is 0 Å². The molecule has 20 heavy (non-hydrogen) atoms. The lowest BCUT2D eigenvalue weighted by Crippen LogP contribution is -2.42. The van der Waals surface area contributed by atoms with E-state index >= 15 is 0 Å². The summed E-state index contributed by atoms with van der Waals surface area (Å²) in [6.07, 6.45) is 9.46. The van der Waals surface area contributed by atoms with Crippen molar-refractivity contribution < 1.29 is 9.53 Å². The molecule has 0 aromatic rings. The summed E-state index contributed by atoms with van der Waals surface area (Å²) in [6, 6.07) is 0.302. The number of carbonyl (C=O) groups is 1. The van der Waals surface area contributed by atoms with Gasteiger partial charge in [0.05, 0.1) is 0 Å². The summed E-state index contributed by atoms with van der Waals surface area (Å²) in [5.41, 5.74) is 1.30. The van der Waals surface area contributed by atoms with Crippen molar-refractivity contribution >= 4 is 6.09 Å². The molecule has 0 fully saturated rings. The zero-order valence-corrected chi connectivity index (χ0v) is 13.6. The van der Waals surface area contributed by atoms with E-state index in [-0.39, 0.29) is 18.2 Å². The standard InChI is InChI=1S/C17H29NO2/c1-7-11-16(6)12-9-8-10-13-20-17(19)18(14(2)3)15(4)5/h7-8,10-11,14-15H,1,9,12-13H2,2-6H3/b10-8+,16-11+. The number of amides is 1. The minimum absolute atomic E-state index is 0.151. The second-order valence-electron chi connectivity index (χ2n) is 5.43. The molecule has 0 heterocycles. The van der Waals surface area contributed by atoms with Crippen LogP contribution >= 0.6 is 0 Å². The Hall–Kier alpha value is -1.51. The first-order valence-electron chi connectivity index (χ1n) is 7.28. The van der Waals surface area contributed by atoms with Gasteiger partial charge in [0, 0.05) is 12.1 Å². The Morgan fingerprint density at radius 1 is 1.20 bits per heavy atom. The summed E-state index contributed by atoms with van der Waals surface area (Å²) in [7, 11) is 0. The van der Waals surface area contributed by atoms with E-state index in [9.17, 15) is 4.79 Å². The number of hydrogen-bond acceptors (Lipinski definition) is 2. The zero-order chi connectivity index (χ0) is 15.5. The van der Waals surface area contributed by atoms with Crippen LogP contribution in [-0.4, -0.2) is 29.7 Å². The predicted octanol–water partition coefficient (Wildman–Crippen LogP) is 4.71. The molecule has 0 rings (SSSR count). The summed E-state index contributed by atoms with van der Waals surface area (Å²) in [5, 5.41) is 0. The van der Waals surface area contributed by atoms with E-state index in [1.54, 1.807) is 11.0 Å². The first kappa shape index (κ1) is 18.5. The molecule has 0 spiro atoms. The average molecular weight is 279 g/mol. The van der Waals surface area contributed by atoms with Gasteiger partial charge in [-0.1, -0.05) is 36.5 Å². The van der Waals surface area contributed by atoms with Crippen LogP contribution in [0, 0.1) is 0 Å². The fraction of sp³-hybridized carbons (Fsp3) is 0.588. The normalized spacial score (nSPS) is 12.2. The van der Waals surface area contributed by atoms with E-state index in [4.69, 9.17) is 4.74 Å². The molecule has 0 unspecified atom stereocenters. The van der Waals surface area contributed by atoms with Crippen molar-refractivity contribution in [1.82, 2.24) is 4.90 Å². The molecule has 0 aliphatic heterocycles. The number of hydrogen-bond donors (Lipinski definition) is 0. The van der Waals surface area contributed by atoms with Crippen molar-refractivity contribution in [2.45, 2.75) is 59.5 Å². The number of ether oxygens (including phenoxy) is 1. The van der Waals surface area contributed by atoms with Gasteiger partial charge in [0.15, 0.2) is 0 Å². The predicted molar refractivity (Wildman–Crippen MR) is 85.8 cm³/mol. The number of nitrogens with zero attached hydrogens (tertiary/aromatic N) is 1. The second kappa shape index (κ2) is 10.3. The maximum Gasteiger partial charge on any atom is 0.410 e. The summed E-state index contributed by atoms with van der Waals surface area (Å²) in [5.74, 6) is 0. The van der Waals surface area contributed by atoms with Crippen LogP contribution in [-0.2, 0) is 4.74 Å². The molecule has 0 bridgehead atoms. The Labute approximate surface area is 124 Å². The molecule has 0 aromatic carbocycles. The van der Waals surface area contributed by atoms with Crippen LogP contribution in [0.3, 0.4) is 0 Å². The third kappa shape index (κ3) is 7.82. The van der Waals surface area contributed by atoms with Crippen molar-refractivity contribution in [2.24, 2.45) is 0 Å². The second-order valence-corrected chi connectivity index (χ2v) is 5.43. The fourth-order valence-corrected chi connectivity index (χ4v) is 1.99. The SMILES string of the molecule is C=C/C=C(\C)CC/C=C/COC(=O)N(C(C)C)C(C)C. The number of allylic oxidation sites excluding steroid dienone is 4. The van der Waals surface area contributed by atoms with Gasteiger partial charge in [-0.05, 0) is 47.5 Å². The topological polar surface area (TPSA) is 29.5 Å². The fourth-order valence-electron chi connectivity index (χ4n) is 1.99. The molecular formula is C17H29NO2. The van der Waals surface area contributed by atoms with Gasteiger partial charge in [0.2, 0.25) is 0 Å². The molecule has 114 valence electrons. The van der Waals surface area contributed by atoms with E-state index in [0.29, 0.717) is 6.61 Å². The van der Waals surface area contributed by atoms with Crippen LogP contribution in [0.5, 0.6) is 0 Å². The Morgan fingerprint density at radius 3 is 2.30 bits per heavy atom. The molecule has 3 heteroatoms. The van der Waals surface area contributed by atoms with Crippen molar-refractivity contribution in [3.8, 4) is 0 Å². The van der Waals surface area contributed by atoms with Gasteiger partial charge in [-0.15, -0.1) is 0 Å². The van der Waals surface area contributed by atoms with Crippen LogP contribution < -0.4 is 0 Å². The van der Waals surface area contributed by atoms with Crippen LogP contribution in [0.15, 0.2) is 36.5 Å². The first-order chi connectivity index (χ1) is 9.40. The van der Waals surface area contributed by atoms with E-state index < -0.39 is 0 Å². The highest BCUT2D eigenvalue weighted by atomic mass is 16.6. The van der Waals surface area contributed by atoms with Crippen molar-refractivity contribution in [3.05, 3.63) is 36.5 Å². The summed E-state index contributed by atoms with van der Waals surface area (Å²) in [4.78, 5) is 13.6. The van der Waals surface area contributed by atoms with Gasteiger partial charge in [-0.25, -0.2) is 4.79 Å². The van der Waals surface area contributed by atoms with Crippen molar-refractivity contribution in [1.29, 1.82) is 0 Å². The van der Waals surface area contributed by atoms with Crippen LogP contribution in [0.4, 0.5) is 4.79 Å². The lowest BCUT2D eigenvalue weighted by molar-refractivity contribution is 0.0875. The molecule has 0 N–H and O–H groups in total. The Kier molecular flexibility index (Phi) is 9.52. The minimum Gasteiger partial charge on any atom is -0.445 e. The van der Waals surface area contributed by atoms with Crippen LogP contribution in [0.2, 0.25) is 0 Å². The molecule has 1 amide bonds. The van der Waals surface area contributed by atoms with Gasteiger partial charge in [0.25, 0.3) is 0 Å². The molecule has 0 atom stereocenters. The molecule has 0 saturated heterocycles.